The summed E-state index contributed by atoms with van der Waals surface area (Å²) < 4.78 is 5.30. The van der Waals surface area contributed by atoms with E-state index in [1.54, 1.807) is 4.90 Å². The summed E-state index contributed by atoms with van der Waals surface area (Å²) in [5, 5.41) is 13.8. The summed E-state index contributed by atoms with van der Waals surface area (Å²) in [6.45, 7) is 6.65. The van der Waals surface area contributed by atoms with Gasteiger partial charge in [0.2, 0.25) is 5.91 Å². The van der Waals surface area contributed by atoms with Crippen LogP contribution in [-0.4, -0.2) is 81.5 Å². The minimum absolute atomic E-state index is 0.110. The van der Waals surface area contributed by atoms with E-state index in [9.17, 15) is 19.6 Å². The fourth-order valence-corrected chi connectivity index (χ4v) is 4.23. The molecular weight excluding hydrogens is 340 g/mol. The predicted octanol–water partition coefficient (Wildman–Crippen LogP) is 0.770. The molecule has 9 nitrogen and oxygen atoms in total. The number of hydrogen-bond donors (Lipinski definition) is 2. The number of ether oxygens (including phenoxy) is 1. The zero-order valence-electron chi connectivity index (χ0n) is 15.4. The first-order valence-electron chi connectivity index (χ1n) is 9.17. The second-order valence-electron chi connectivity index (χ2n) is 8.97. The van der Waals surface area contributed by atoms with Crippen molar-refractivity contribution in [2.24, 2.45) is 5.41 Å². The Morgan fingerprint density at radius 3 is 2.46 bits per heavy atom. The number of likely N-dealkylation sites (tertiary alicyclic amines) is 1. The van der Waals surface area contributed by atoms with Crippen molar-refractivity contribution in [1.82, 2.24) is 20.2 Å². The van der Waals surface area contributed by atoms with Crippen LogP contribution >= 0.6 is 0 Å². The highest BCUT2D eigenvalue weighted by atomic mass is 16.6. The van der Waals surface area contributed by atoms with Crippen molar-refractivity contribution in [1.29, 1.82) is 0 Å². The number of amides is 4. The maximum Gasteiger partial charge on any atom is 0.410 e. The van der Waals surface area contributed by atoms with Gasteiger partial charge in [-0.05, 0) is 45.4 Å². The van der Waals surface area contributed by atoms with Gasteiger partial charge in [0.25, 0.3) is 0 Å². The number of hydroxylamine groups is 2. The van der Waals surface area contributed by atoms with Crippen molar-refractivity contribution >= 4 is 18.0 Å². The van der Waals surface area contributed by atoms with Gasteiger partial charge in [0, 0.05) is 19.6 Å². The molecule has 0 aromatic carbocycles. The number of rotatable bonds is 2. The number of carbonyl (C=O) groups excluding carboxylic acids is 3. The molecule has 3 aliphatic heterocycles. The Hall–Kier alpha value is -2.03. The molecule has 3 heterocycles. The van der Waals surface area contributed by atoms with Crippen LogP contribution in [0.2, 0.25) is 0 Å². The second kappa shape index (κ2) is 5.48. The third kappa shape index (κ3) is 2.78. The molecule has 0 aromatic rings. The van der Waals surface area contributed by atoms with Crippen LogP contribution in [0.4, 0.5) is 9.59 Å². The molecule has 0 unspecified atom stereocenters. The Bertz CT molecular complexity index is 650. The van der Waals surface area contributed by atoms with E-state index in [1.807, 2.05) is 20.8 Å². The van der Waals surface area contributed by atoms with E-state index in [2.05, 4.69) is 5.32 Å². The van der Waals surface area contributed by atoms with Gasteiger partial charge in [-0.1, -0.05) is 0 Å². The van der Waals surface area contributed by atoms with Crippen molar-refractivity contribution in [3.05, 3.63) is 0 Å². The van der Waals surface area contributed by atoms with E-state index in [-0.39, 0.29) is 29.5 Å². The minimum atomic E-state index is -0.547. The summed E-state index contributed by atoms with van der Waals surface area (Å²) in [4.78, 5) is 39.9. The molecule has 1 spiro atoms. The average molecular weight is 366 g/mol. The lowest BCUT2D eigenvalue weighted by molar-refractivity contribution is -0.129. The molecule has 26 heavy (non-hydrogen) atoms. The Balaban J connectivity index is 1.32. The third-order valence-electron chi connectivity index (χ3n) is 5.86. The van der Waals surface area contributed by atoms with E-state index >= 15 is 0 Å². The zero-order valence-corrected chi connectivity index (χ0v) is 15.4. The second-order valence-corrected chi connectivity index (χ2v) is 8.97. The normalized spacial score (nSPS) is 29.7. The van der Waals surface area contributed by atoms with Gasteiger partial charge in [0.1, 0.15) is 11.6 Å². The van der Waals surface area contributed by atoms with E-state index < -0.39 is 17.7 Å². The van der Waals surface area contributed by atoms with Crippen LogP contribution < -0.4 is 5.32 Å². The van der Waals surface area contributed by atoms with Gasteiger partial charge in [-0.25, -0.2) is 14.7 Å². The monoisotopic (exact) mass is 366 g/mol. The van der Waals surface area contributed by atoms with Gasteiger partial charge in [-0.2, -0.15) is 0 Å². The maximum absolute atomic E-state index is 12.7. The smallest absolute Gasteiger partial charge is 0.410 e. The van der Waals surface area contributed by atoms with Gasteiger partial charge in [0.05, 0.1) is 12.1 Å². The molecule has 2 bridgehead atoms. The summed E-state index contributed by atoms with van der Waals surface area (Å²) in [5.41, 5.74) is -0.656. The Morgan fingerprint density at radius 2 is 1.88 bits per heavy atom. The lowest BCUT2D eigenvalue weighted by atomic mass is 9.85. The van der Waals surface area contributed by atoms with Crippen molar-refractivity contribution in [3.8, 4) is 0 Å². The summed E-state index contributed by atoms with van der Waals surface area (Å²) in [5.74, 6) is -0.202. The van der Waals surface area contributed by atoms with Crippen LogP contribution in [0.5, 0.6) is 0 Å². The Labute approximate surface area is 152 Å². The van der Waals surface area contributed by atoms with Crippen LogP contribution in [0.15, 0.2) is 0 Å². The van der Waals surface area contributed by atoms with Crippen molar-refractivity contribution < 1.29 is 24.3 Å². The molecule has 2 N–H and O–H groups in total. The average Bonchev–Trinajstić information content (AvgIpc) is 3.21. The van der Waals surface area contributed by atoms with Gasteiger partial charge < -0.3 is 19.9 Å². The lowest BCUT2D eigenvalue weighted by Gasteiger charge is -2.41. The number of fused-ring (bicyclic) bond motifs is 3. The van der Waals surface area contributed by atoms with Crippen LogP contribution in [0.1, 0.15) is 40.0 Å². The molecule has 4 amide bonds. The molecule has 2 atom stereocenters. The van der Waals surface area contributed by atoms with Crippen molar-refractivity contribution in [3.63, 3.8) is 0 Å². The summed E-state index contributed by atoms with van der Waals surface area (Å²) in [6.07, 6.45) is 2.09. The predicted molar refractivity (Wildman–Crippen MR) is 89.3 cm³/mol. The Kier molecular flexibility index (Phi) is 3.67. The molecule has 1 saturated carbocycles. The standard InChI is InChI=1S/C17H26N4O5/c1-16(2,3)26-15(24)19-7-10(8-19)18-13(22)11-6-17(4-5-17)12-9-20(11)14(23)21(12)25/h10-12,25H,4-9H2,1-3H3,(H,18,22)/t11-,12-/m0/s1. The molecular formula is C17H26N4O5. The van der Waals surface area contributed by atoms with E-state index in [0.717, 1.165) is 17.9 Å². The number of piperidine rings is 1. The van der Waals surface area contributed by atoms with E-state index in [0.29, 0.717) is 26.1 Å². The molecule has 1 aliphatic carbocycles. The molecule has 4 fully saturated rings. The fourth-order valence-electron chi connectivity index (χ4n) is 4.23. The SMILES string of the molecule is CC(C)(C)OC(=O)N1CC(NC(=O)[C@@H]2CC3(CC3)[C@@H]3CN2C(=O)N3O)C1. The van der Waals surface area contributed by atoms with E-state index in [1.165, 1.54) is 4.90 Å². The van der Waals surface area contributed by atoms with Crippen molar-refractivity contribution in [2.45, 2.75) is 63.8 Å². The highest BCUT2D eigenvalue weighted by Crippen LogP contribution is 2.58. The minimum Gasteiger partial charge on any atom is -0.444 e. The number of nitrogens with one attached hydrogen (secondary N) is 1. The molecule has 3 saturated heterocycles. The van der Waals surface area contributed by atoms with Gasteiger partial charge in [0.15, 0.2) is 0 Å². The highest BCUT2D eigenvalue weighted by Gasteiger charge is 2.63. The topological polar surface area (TPSA) is 102 Å². The zero-order chi connectivity index (χ0) is 18.9. The molecule has 0 aromatic heterocycles. The van der Waals surface area contributed by atoms with Crippen LogP contribution in [0.25, 0.3) is 0 Å². The fraction of sp³-hybridized carbons (Fsp3) is 0.824. The molecule has 4 aliphatic rings. The highest BCUT2D eigenvalue weighted by molar-refractivity contribution is 5.89. The van der Waals surface area contributed by atoms with E-state index in [4.69, 9.17) is 4.74 Å². The summed E-state index contributed by atoms with van der Waals surface area (Å²) in [6, 6.07) is -1.35. The number of carbonyl (C=O) groups is 3. The number of nitrogens with zero attached hydrogens (tertiary/aromatic N) is 3. The van der Waals surface area contributed by atoms with Gasteiger partial charge in [-0.3, -0.25) is 10.0 Å². The molecule has 4 rings (SSSR count). The van der Waals surface area contributed by atoms with Crippen LogP contribution in [0, 0.1) is 5.41 Å². The van der Waals surface area contributed by atoms with Crippen LogP contribution in [-0.2, 0) is 9.53 Å². The first-order chi connectivity index (χ1) is 12.1. The summed E-state index contributed by atoms with van der Waals surface area (Å²) in [7, 11) is 0. The third-order valence-corrected chi connectivity index (χ3v) is 5.86. The first-order valence-corrected chi connectivity index (χ1v) is 9.17. The Morgan fingerprint density at radius 1 is 1.23 bits per heavy atom. The number of urea groups is 1. The maximum atomic E-state index is 12.7. The van der Waals surface area contributed by atoms with Crippen LogP contribution in [0.3, 0.4) is 0 Å². The van der Waals surface area contributed by atoms with Gasteiger partial charge >= 0.3 is 12.1 Å². The van der Waals surface area contributed by atoms with Gasteiger partial charge in [-0.15, -0.1) is 0 Å². The summed E-state index contributed by atoms with van der Waals surface area (Å²) >= 11 is 0. The lowest BCUT2D eigenvalue weighted by Crippen LogP contribution is -2.64. The first kappa shape index (κ1) is 17.4. The molecule has 0 radical (unpaired) electrons. The van der Waals surface area contributed by atoms with Crippen molar-refractivity contribution in [2.75, 3.05) is 19.6 Å². The molecule has 9 heteroatoms. The molecule has 144 valence electrons. The number of hydrogen-bond acceptors (Lipinski definition) is 5. The quantitative estimate of drug-likeness (QED) is 0.703. The largest absolute Gasteiger partial charge is 0.444 e.